The first-order valence-electron chi connectivity index (χ1n) is 9.51. The van der Waals surface area contributed by atoms with Crippen LogP contribution in [0.1, 0.15) is 30.2 Å². The lowest BCUT2D eigenvalue weighted by Crippen LogP contribution is -2.13. The average molecular weight is 401 g/mol. The molecule has 3 N–H and O–H groups in total. The summed E-state index contributed by atoms with van der Waals surface area (Å²) in [5.74, 6) is -0.859. The fourth-order valence-corrected chi connectivity index (χ4v) is 4.74. The Morgan fingerprint density at radius 2 is 1.93 bits per heavy atom. The van der Waals surface area contributed by atoms with Crippen LogP contribution >= 0.6 is 11.8 Å². The van der Waals surface area contributed by atoms with Gasteiger partial charge in [0.2, 0.25) is 0 Å². The number of para-hydroxylation sites is 1. The van der Waals surface area contributed by atoms with Crippen LogP contribution in [0.5, 0.6) is 0 Å². The van der Waals surface area contributed by atoms with Crippen molar-refractivity contribution >= 4 is 28.6 Å². The maximum Gasteiger partial charge on any atom is 0.321 e. The van der Waals surface area contributed by atoms with Gasteiger partial charge in [0.1, 0.15) is 5.25 Å². The number of rotatable bonds is 5. The molecule has 1 aromatic heterocycles. The van der Waals surface area contributed by atoms with E-state index in [1.54, 1.807) is 0 Å². The number of aromatic nitrogens is 1. The third kappa shape index (κ3) is 3.93. The second-order valence-corrected chi connectivity index (χ2v) is 7.63. The van der Waals surface area contributed by atoms with E-state index in [-0.39, 0.29) is 0 Å². The van der Waals surface area contributed by atoms with E-state index in [9.17, 15) is 14.3 Å². The van der Waals surface area contributed by atoms with Crippen LogP contribution in [0.15, 0.2) is 47.4 Å². The van der Waals surface area contributed by atoms with Gasteiger partial charge >= 0.3 is 5.97 Å². The predicted octanol–water partition coefficient (Wildman–Crippen LogP) is 5.19. The molecule has 148 valence electrons. The zero-order valence-corrected chi connectivity index (χ0v) is 16.9. The van der Waals surface area contributed by atoms with Gasteiger partial charge in [0.25, 0.3) is 0 Å². The van der Waals surface area contributed by atoms with Gasteiger partial charge in [-0.15, -0.1) is 11.8 Å². The molecule has 0 fully saturated rings. The van der Waals surface area contributed by atoms with Gasteiger partial charge in [-0.1, -0.05) is 44.2 Å². The summed E-state index contributed by atoms with van der Waals surface area (Å²) < 4.78 is 12.9. The van der Waals surface area contributed by atoms with Crippen molar-refractivity contribution in [3.63, 3.8) is 0 Å². The van der Waals surface area contributed by atoms with Crippen LogP contribution in [-0.2, 0) is 11.2 Å². The molecule has 1 aliphatic heterocycles. The molecule has 3 aromatic rings. The van der Waals surface area contributed by atoms with Gasteiger partial charge in [-0.3, -0.25) is 9.18 Å². The number of hydrogen-bond donors (Lipinski definition) is 3. The number of thioether (sulfide) groups is 1. The maximum atomic E-state index is 12.9. The molecular formula is C22H25FN2O2S. The lowest BCUT2D eigenvalue weighted by Gasteiger charge is -2.24. The van der Waals surface area contributed by atoms with Gasteiger partial charge in [-0.05, 0) is 30.8 Å². The number of nitrogens with one attached hydrogen (secondary N) is 2. The lowest BCUT2D eigenvalue weighted by atomic mass is 9.96. The molecule has 1 aliphatic rings. The summed E-state index contributed by atoms with van der Waals surface area (Å²) in [6.45, 7) is 5.96. The predicted molar refractivity (Wildman–Crippen MR) is 114 cm³/mol. The Labute approximate surface area is 168 Å². The SMILES string of the molecule is CCNCC.O=C(O)C1Sc2cccc(CCF)c2-c2[nH]c3ccccc3c21. The zero-order chi connectivity index (χ0) is 20.1. The van der Waals surface area contributed by atoms with E-state index in [1.165, 1.54) is 11.8 Å². The number of aliphatic carboxylic acids is 1. The lowest BCUT2D eigenvalue weighted by molar-refractivity contribution is -0.136. The first-order chi connectivity index (χ1) is 13.6. The molecule has 2 heterocycles. The second kappa shape index (κ2) is 9.26. The minimum absolute atomic E-state index is 0.330. The van der Waals surface area contributed by atoms with Crippen LogP contribution in [0, 0.1) is 0 Å². The molecule has 0 saturated carbocycles. The fraction of sp³-hybridized carbons (Fsp3) is 0.318. The summed E-state index contributed by atoms with van der Waals surface area (Å²) in [6, 6.07) is 13.4. The van der Waals surface area contributed by atoms with E-state index >= 15 is 0 Å². The van der Waals surface area contributed by atoms with Crippen LogP contribution in [0.2, 0.25) is 0 Å². The van der Waals surface area contributed by atoms with E-state index in [4.69, 9.17) is 0 Å². The van der Waals surface area contributed by atoms with Gasteiger partial charge < -0.3 is 15.4 Å². The van der Waals surface area contributed by atoms with Gasteiger partial charge in [-0.2, -0.15) is 0 Å². The number of hydrogen-bond acceptors (Lipinski definition) is 3. The molecule has 0 spiro atoms. The Hall–Kier alpha value is -2.31. The molecule has 0 saturated heterocycles. The number of carbonyl (C=O) groups is 1. The first kappa shape index (κ1) is 20.4. The standard InChI is InChI=1S/C18H14FNO2S.C4H11N/c19-9-8-10-4-3-7-13-14(10)16-15(17(23-13)18(21)22)11-5-1-2-6-12(11)20-16;1-3-5-4-2/h1-7,17,20H,8-9H2,(H,21,22);5H,3-4H2,1-2H3. The van der Waals surface area contributed by atoms with E-state index in [0.29, 0.717) is 6.42 Å². The van der Waals surface area contributed by atoms with Crippen molar-refractivity contribution in [3.8, 4) is 11.3 Å². The van der Waals surface area contributed by atoms with Gasteiger partial charge in [0.15, 0.2) is 0 Å². The van der Waals surface area contributed by atoms with Crippen LogP contribution in [-0.4, -0.2) is 35.8 Å². The summed E-state index contributed by atoms with van der Waals surface area (Å²) >= 11 is 1.33. The van der Waals surface area contributed by atoms with E-state index in [2.05, 4.69) is 24.1 Å². The van der Waals surface area contributed by atoms with Crippen molar-refractivity contribution in [2.45, 2.75) is 30.4 Å². The number of H-pyrrole nitrogens is 1. The molecule has 2 aromatic carbocycles. The first-order valence-corrected chi connectivity index (χ1v) is 10.4. The highest BCUT2D eigenvalue weighted by molar-refractivity contribution is 8.00. The summed E-state index contributed by atoms with van der Waals surface area (Å²) in [5.41, 5.74) is 4.37. The third-order valence-electron chi connectivity index (χ3n) is 4.70. The zero-order valence-electron chi connectivity index (χ0n) is 16.1. The molecular weight excluding hydrogens is 375 g/mol. The Balaban J connectivity index is 0.000000403. The minimum Gasteiger partial charge on any atom is -0.480 e. The minimum atomic E-state index is -0.859. The van der Waals surface area contributed by atoms with Crippen LogP contribution in [0.25, 0.3) is 22.2 Å². The van der Waals surface area contributed by atoms with Crippen molar-refractivity contribution in [2.24, 2.45) is 0 Å². The maximum absolute atomic E-state index is 12.9. The molecule has 0 aliphatic carbocycles. The molecule has 1 unspecified atom stereocenters. The Bertz CT molecular complexity index is 968. The molecule has 28 heavy (non-hydrogen) atoms. The van der Waals surface area contributed by atoms with Crippen molar-refractivity contribution in [1.82, 2.24) is 10.3 Å². The molecule has 0 amide bonds. The molecule has 4 rings (SSSR count). The summed E-state index contributed by atoms with van der Waals surface area (Å²) in [7, 11) is 0. The van der Waals surface area contributed by atoms with E-state index in [0.717, 1.165) is 51.3 Å². The number of carboxylic acids is 1. The summed E-state index contributed by atoms with van der Waals surface area (Å²) in [6.07, 6.45) is 0.330. The largest absolute Gasteiger partial charge is 0.480 e. The van der Waals surface area contributed by atoms with Gasteiger partial charge in [0, 0.05) is 33.3 Å². The van der Waals surface area contributed by atoms with E-state index < -0.39 is 17.9 Å². The smallest absolute Gasteiger partial charge is 0.321 e. The third-order valence-corrected chi connectivity index (χ3v) is 5.97. The van der Waals surface area contributed by atoms with Crippen LogP contribution in [0.4, 0.5) is 4.39 Å². The molecule has 1 atom stereocenters. The number of benzene rings is 2. The number of fused-ring (bicyclic) bond motifs is 5. The molecule has 0 bridgehead atoms. The molecule has 4 nitrogen and oxygen atoms in total. The van der Waals surface area contributed by atoms with E-state index in [1.807, 2.05) is 42.5 Å². The van der Waals surface area contributed by atoms with Crippen LogP contribution in [0.3, 0.4) is 0 Å². The normalized spacial score (nSPS) is 14.8. The van der Waals surface area contributed by atoms with Crippen molar-refractivity contribution in [2.75, 3.05) is 19.8 Å². The highest BCUT2D eigenvalue weighted by Crippen LogP contribution is 2.52. The number of aromatic amines is 1. The van der Waals surface area contributed by atoms with Crippen molar-refractivity contribution in [1.29, 1.82) is 0 Å². The van der Waals surface area contributed by atoms with Gasteiger partial charge in [0.05, 0.1) is 12.4 Å². The number of aryl methyl sites for hydroxylation is 1. The summed E-state index contributed by atoms with van der Waals surface area (Å²) in [4.78, 5) is 16.0. The monoisotopic (exact) mass is 400 g/mol. The molecule has 6 heteroatoms. The fourth-order valence-electron chi connectivity index (χ4n) is 3.51. The second-order valence-electron chi connectivity index (χ2n) is 6.48. The molecule has 0 radical (unpaired) electrons. The highest BCUT2D eigenvalue weighted by atomic mass is 32.2. The number of alkyl halides is 1. The Morgan fingerprint density at radius 1 is 1.18 bits per heavy atom. The highest BCUT2D eigenvalue weighted by Gasteiger charge is 2.34. The Morgan fingerprint density at radius 3 is 2.57 bits per heavy atom. The topological polar surface area (TPSA) is 65.1 Å². The average Bonchev–Trinajstić information content (AvgIpc) is 3.08. The van der Waals surface area contributed by atoms with Crippen molar-refractivity contribution in [3.05, 3.63) is 53.6 Å². The number of carboxylic acid groups (broad SMARTS) is 1. The summed E-state index contributed by atoms with van der Waals surface area (Å²) in [5, 5.41) is 13.0. The van der Waals surface area contributed by atoms with Crippen LogP contribution < -0.4 is 5.32 Å². The quantitative estimate of drug-likeness (QED) is 0.551. The van der Waals surface area contributed by atoms with Crippen molar-refractivity contribution < 1.29 is 14.3 Å². The number of halogens is 1. The Kier molecular flexibility index (Phi) is 6.75. The van der Waals surface area contributed by atoms with Gasteiger partial charge in [-0.25, -0.2) is 0 Å².